The lowest BCUT2D eigenvalue weighted by atomic mass is 10.1. The number of anilines is 1. The average Bonchev–Trinajstić information content (AvgIpc) is 2.54. The van der Waals surface area contributed by atoms with Gasteiger partial charge in [-0.2, -0.15) is 0 Å². The molecule has 24 heavy (non-hydrogen) atoms. The van der Waals surface area contributed by atoms with Gasteiger partial charge in [0.1, 0.15) is 29.5 Å². The van der Waals surface area contributed by atoms with Gasteiger partial charge in [0, 0.05) is 25.7 Å². The highest BCUT2D eigenvalue weighted by atomic mass is 19.1. The van der Waals surface area contributed by atoms with E-state index in [-0.39, 0.29) is 24.6 Å². The Labute approximate surface area is 138 Å². The maximum absolute atomic E-state index is 14.0. The quantitative estimate of drug-likeness (QED) is 0.896. The zero-order valence-corrected chi connectivity index (χ0v) is 14.0. The number of hydrogen-bond donors (Lipinski definition) is 1. The van der Waals surface area contributed by atoms with E-state index in [2.05, 4.69) is 5.32 Å². The van der Waals surface area contributed by atoms with Gasteiger partial charge in [0.05, 0.1) is 5.92 Å². The number of ether oxygens (including phenoxy) is 2. The van der Waals surface area contributed by atoms with Crippen molar-refractivity contribution in [3.8, 4) is 5.75 Å². The highest BCUT2D eigenvalue weighted by molar-refractivity contribution is 5.97. The number of hydrogen-bond acceptors (Lipinski definition) is 4. The molecule has 6 nitrogen and oxygen atoms in total. The van der Waals surface area contributed by atoms with Crippen LogP contribution >= 0.6 is 0 Å². The first-order chi connectivity index (χ1) is 11.1. The zero-order chi connectivity index (χ0) is 18.1. The predicted molar refractivity (Wildman–Crippen MR) is 83.0 cm³/mol. The van der Waals surface area contributed by atoms with E-state index in [0.29, 0.717) is 6.07 Å². The lowest BCUT2D eigenvalue weighted by Crippen LogP contribution is -2.42. The second kappa shape index (κ2) is 6.62. The Kier molecular flexibility index (Phi) is 4.96. The fourth-order valence-electron chi connectivity index (χ4n) is 2.29. The monoisotopic (exact) mass is 342 g/mol. The molecule has 0 aromatic heterocycles. The number of nitrogens with zero attached hydrogens (tertiary/aromatic N) is 1. The minimum Gasteiger partial charge on any atom is -0.490 e. The van der Waals surface area contributed by atoms with E-state index in [1.165, 1.54) is 7.05 Å². The fraction of sp³-hybridized carbons (Fsp3) is 0.500. The van der Waals surface area contributed by atoms with Crippen molar-refractivity contribution in [3.05, 3.63) is 23.8 Å². The Morgan fingerprint density at radius 2 is 2.08 bits per heavy atom. The number of carbonyl (C=O) groups excluding carboxylic acids is 2. The normalized spacial score (nSPS) is 17.7. The van der Waals surface area contributed by atoms with Gasteiger partial charge in [0.2, 0.25) is 5.91 Å². The van der Waals surface area contributed by atoms with E-state index < -0.39 is 35.2 Å². The van der Waals surface area contributed by atoms with Crippen molar-refractivity contribution < 1.29 is 27.8 Å². The van der Waals surface area contributed by atoms with Crippen LogP contribution < -0.4 is 15.0 Å². The number of halogens is 2. The van der Waals surface area contributed by atoms with Gasteiger partial charge in [-0.1, -0.05) is 0 Å². The average molecular weight is 342 g/mol. The fourth-order valence-corrected chi connectivity index (χ4v) is 2.29. The maximum Gasteiger partial charge on any atom is 0.407 e. The maximum atomic E-state index is 14.0. The molecule has 0 saturated heterocycles. The molecule has 132 valence electrons. The second-order valence-electron chi connectivity index (χ2n) is 6.52. The molecule has 0 bridgehead atoms. The lowest BCUT2D eigenvalue weighted by Gasteiger charge is -2.22. The number of carbonyl (C=O) groups is 2. The van der Waals surface area contributed by atoms with Crippen LogP contribution in [0.3, 0.4) is 0 Å². The lowest BCUT2D eigenvalue weighted by molar-refractivity contribution is -0.122. The molecule has 0 radical (unpaired) electrons. The molecule has 0 aliphatic carbocycles. The van der Waals surface area contributed by atoms with Gasteiger partial charge < -0.3 is 19.7 Å². The van der Waals surface area contributed by atoms with Crippen LogP contribution in [0.5, 0.6) is 5.75 Å². The Balaban J connectivity index is 2.10. The molecule has 0 fully saturated rings. The SMILES string of the molecule is CN1C(=O)[C@@H](CNC(=O)OC(C)(C)C)COc2cc(F)cc(F)c21. The molecule has 2 amide bonds. The van der Waals surface area contributed by atoms with E-state index in [1.807, 2.05) is 0 Å². The molecular formula is C16H20F2N2O4. The molecule has 1 atom stereocenters. The van der Waals surface area contributed by atoms with Crippen LogP contribution in [0.25, 0.3) is 0 Å². The molecule has 0 spiro atoms. The molecule has 1 aromatic carbocycles. The Hall–Kier alpha value is -2.38. The second-order valence-corrected chi connectivity index (χ2v) is 6.52. The van der Waals surface area contributed by atoms with Gasteiger partial charge in [-0.05, 0) is 20.8 Å². The van der Waals surface area contributed by atoms with Crippen LogP contribution in [0.1, 0.15) is 20.8 Å². The van der Waals surface area contributed by atoms with Crippen LogP contribution in [-0.4, -0.2) is 37.8 Å². The number of benzene rings is 1. The highest BCUT2D eigenvalue weighted by Crippen LogP contribution is 2.35. The summed E-state index contributed by atoms with van der Waals surface area (Å²) in [5.74, 6) is -2.94. The molecule has 1 heterocycles. The summed E-state index contributed by atoms with van der Waals surface area (Å²) in [6.45, 7) is 4.99. The van der Waals surface area contributed by atoms with Gasteiger partial charge in [-0.3, -0.25) is 4.79 Å². The standard InChI is InChI=1S/C16H20F2N2O4/c1-16(2,3)24-15(22)19-7-9-8-23-12-6-10(17)5-11(18)13(12)20(4)14(9)21/h5-6,9H,7-8H2,1-4H3,(H,19,22)/t9-/m0/s1. The van der Waals surface area contributed by atoms with Gasteiger partial charge in [0.15, 0.2) is 5.82 Å². The summed E-state index contributed by atoms with van der Waals surface area (Å²) >= 11 is 0. The predicted octanol–water partition coefficient (Wildman–Crippen LogP) is 2.46. The van der Waals surface area contributed by atoms with E-state index in [4.69, 9.17) is 9.47 Å². The van der Waals surface area contributed by atoms with Crippen molar-refractivity contribution in [2.45, 2.75) is 26.4 Å². The molecule has 0 unspecified atom stereocenters. The molecule has 1 aliphatic rings. The minimum absolute atomic E-state index is 0.0455. The number of rotatable bonds is 2. The van der Waals surface area contributed by atoms with Crippen molar-refractivity contribution >= 4 is 17.7 Å². The van der Waals surface area contributed by atoms with E-state index in [0.717, 1.165) is 11.0 Å². The third-order valence-corrected chi connectivity index (χ3v) is 3.34. The summed E-state index contributed by atoms with van der Waals surface area (Å²) in [6.07, 6.45) is -0.670. The minimum atomic E-state index is -0.887. The molecular weight excluding hydrogens is 322 g/mol. The third-order valence-electron chi connectivity index (χ3n) is 3.34. The van der Waals surface area contributed by atoms with Crippen molar-refractivity contribution in [3.63, 3.8) is 0 Å². The molecule has 1 N–H and O–H groups in total. The van der Waals surface area contributed by atoms with E-state index >= 15 is 0 Å². The number of fused-ring (bicyclic) bond motifs is 1. The van der Waals surface area contributed by atoms with Crippen LogP contribution in [-0.2, 0) is 9.53 Å². The highest BCUT2D eigenvalue weighted by Gasteiger charge is 2.32. The van der Waals surface area contributed by atoms with Crippen molar-refractivity contribution in [1.82, 2.24) is 5.32 Å². The summed E-state index contributed by atoms with van der Waals surface area (Å²) in [7, 11) is 1.37. The van der Waals surface area contributed by atoms with Gasteiger partial charge in [0.25, 0.3) is 0 Å². The van der Waals surface area contributed by atoms with Crippen LogP contribution in [0.15, 0.2) is 12.1 Å². The number of amides is 2. The molecule has 1 aromatic rings. The topological polar surface area (TPSA) is 67.9 Å². The molecule has 2 rings (SSSR count). The number of alkyl carbamates (subject to hydrolysis) is 1. The van der Waals surface area contributed by atoms with Crippen LogP contribution in [0.2, 0.25) is 0 Å². The summed E-state index contributed by atoms with van der Waals surface area (Å²) in [6, 6.07) is 1.71. The molecule has 1 aliphatic heterocycles. The van der Waals surface area contributed by atoms with Gasteiger partial charge >= 0.3 is 6.09 Å². The Bertz CT molecular complexity index is 658. The first-order valence-electron chi connectivity index (χ1n) is 7.45. The van der Waals surface area contributed by atoms with Crippen molar-refractivity contribution in [2.24, 2.45) is 5.92 Å². The Morgan fingerprint density at radius 1 is 1.42 bits per heavy atom. The van der Waals surface area contributed by atoms with Crippen molar-refractivity contribution in [2.75, 3.05) is 25.1 Å². The molecule has 8 heteroatoms. The first kappa shape index (κ1) is 18.0. The number of nitrogens with one attached hydrogen (secondary N) is 1. The summed E-state index contributed by atoms with van der Waals surface area (Å²) in [5, 5.41) is 2.48. The van der Waals surface area contributed by atoms with Gasteiger partial charge in [-0.15, -0.1) is 0 Å². The van der Waals surface area contributed by atoms with Crippen LogP contribution in [0.4, 0.5) is 19.3 Å². The summed E-state index contributed by atoms with van der Waals surface area (Å²) in [4.78, 5) is 25.2. The van der Waals surface area contributed by atoms with E-state index in [9.17, 15) is 18.4 Å². The van der Waals surface area contributed by atoms with Gasteiger partial charge in [-0.25, -0.2) is 13.6 Å². The third kappa shape index (κ3) is 4.12. The Morgan fingerprint density at radius 3 is 2.71 bits per heavy atom. The van der Waals surface area contributed by atoms with Crippen LogP contribution in [0, 0.1) is 17.6 Å². The smallest absolute Gasteiger partial charge is 0.407 e. The zero-order valence-electron chi connectivity index (χ0n) is 14.0. The van der Waals surface area contributed by atoms with E-state index in [1.54, 1.807) is 20.8 Å². The van der Waals surface area contributed by atoms with Crippen molar-refractivity contribution in [1.29, 1.82) is 0 Å². The largest absolute Gasteiger partial charge is 0.490 e. The first-order valence-corrected chi connectivity index (χ1v) is 7.45. The molecule has 0 saturated carbocycles. The summed E-state index contributed by atoms with van der Waals surface area (Å²) < 4.78 is 37.7. The summed E-state index contributed by atoms with van der Waals surface area (Å²) in [5.41, 5.74) is -0.789.